The molecule has 1 aliphatic carbocycles. The van der Waals surface area contributed by atoms with Crippen LogP contribution >= 0.6 is 11.6 Å². The van der Waals surface area contributed by atoms with E-state index in [1.54, 1.807) is 32.6 Å². The summed E-state index contributed by atoms with van der Waals surface area (Å²) in [5.41, 5.74) is 7.27. The summed E-state index contributed by atoms with van der Waals surface area (Å²) in [5.74, 6) is 1.28. The van der Waals surface area contributed by atoms with Crippen molar-refractivity contribution < 1.29 is 9.53 Å². The summed E-state index contributed by atoms with van der Waals surface area (Å²) < 4.78 is 7.27. The lowest BCUT2D eigenvalue weighted by atomic mass is 9.88. The predicted octanol–water partition coefficient (Wildman–Crippen LogP) is 6.50. The average molecular weight is 676 g/mol. The van der Waals surface area contributed by atoms with Gasteiger partial charge in [0.2, 0.25) is 11.8 Å². The van der Waals surface area contributed by atoms with Crippen LogP contribution in [-0.2, 0) is 18.3 Å². The average Bonchev–Trinajstić information content (AvgIpc) is 3.71. The Morgan fingerprint density at radius 1 is 1.06 bits per heavy atom. The lowest BCUT2D eigenvalue weighted by Gasteiger charge is -2.35. The number of halogens is 1. The molecule has 0 bridgehead atoms. The maximum atomic E-state index is 13.0. The normalized spacial score (nSPS) is 20.5. The number of piperidine rings is 1. The van der Waals surface area contributed by atoms with Gasteiger partial charge in [0.05, 0.1) is 34.9 Å². The first-order valence-corrected chi connectivity index (χ1v) is 17.2. The molecule has 3 aromatic heterocycles. The molecule has 1 spiro atoms. The van der Waals surface area contributed by atoms with Crippen LogP contribution in [0, 0.1) is 6.92 Å². The molecule has 11 heteroatoms. The number of carbonyl (C=O) groups excluding carboxylic acids is 1. The first-order chi connectivity index (χ1) is 23.7. The number of benzene rings is 2. The Balaban J connectivity index is 1.11. The third-order valence-corrected chi connectivity index (χ3v) is 11.0. The van der Waals surface area contributed by atoms with Gasteiger partial charge in [-0.15, -0.1) is 0 Å². The van der Waals surface area contributed by atoms with Gasteiger partial charge in [0.25, 0.3) is 5.56 Å². The molecular formula is C38H38ClN7O3. The summed E-state index contributed by atoms with van der Waals surface area (Å²) in [6, 6.07) is 16.2. The number of amides is 1. The summed E-state index contributed by atoms with van der Waals surface area (Å²) in [5, 5.41) is 12.7. The highest BCUT2D eigenvalue weighted by Gasteiger charge is 2.45. The highest BCUT2D eigenvalue weighted by atomic mass is 35.5. The number of nitrogens with zero attached hydrogens (tertiary/aromatic N) is 5. The molecule has 10 nitrogen and oxygen atoms in total. The Morgan fingerprint density at radius 2 is 1.88 bits per heavy atom. The molecule has 2 aromatic carbocycles. The highest BCUT2D eigenvalue weighted by molar-refractivity contribution is 6.36. The van der Waals surface area contributed by atoms with E-state index in [0.29, 0.717) is 28.5 Å². The molecule has 2 N–H and O–H groups in total. The van der Waals surface area contributed by atoms with E-state index in [-0.39, 0.29) is 23.0 Å². The van der Waals surface area contributed by atoms with Gasteiger partial charge in [0, 0.05) is 66.6 Å². The molecule has 2 fully saturated rings. The summed E-state index contributed by atoms with van der Waals surface area (Å²) in [6.07, 6.45) is 8.84. The van der Waals surface area contributed by atoms with Crippen LogP contribution < -0.4 is 20.9 Å². The van der Waals surface area contributed by atoms with Gasteiger partial charge in [0.15, 0.2) is 0 Å². The first-order valence-electron chi connectivity index (χ1n) is 16.8. The number of pyridine rings is 2. The molecule has 0 unspecified atom stereocenters. The number of fused-ring (bicyclic) bond motifs is 2. The molecule has 2 aliphatic heterocycles. The van der Waals surface area contributed by atoms with E-state index in [1.807, 2.05) is 43.3 Å². The van der Waals surface area contributed by atoms with Crippen LogP contribution in [0.2, 0.25) is 5.02 Å². The fourth-order valence-corrected chi connectivity index (χ4v) is 8.45. The zero-order valence-electron chi connectivity index (χ0n) is 27.8. The molecule has 0 radical (unpaired) electrons. The van der Waals surface area contributed by atoms with Crippen LogP contribution in [0.3, 0.4) is 0 Å². The monoisotopic (exact) mass is 675 g/mol. The van der Waals surface area contributed by atoms with E-state index in [2.05, 4.69) is 31.7 Å². The van der Waals surface area contributed by atoms with Gasteiger partial charge < -0.3 is 15.4 Å². The second-order valence-electron chi connectivity index (χ2n) is 13.5. The summed E-state index contributed by atoms with van der Waals surface area (Å²) in [6.45, 7) is 3.84. The molecule has 1 amide bonds. The van der Waals surface area contributed by atoms with Gasteiger partial charge in [-0.25, -0.2) is 14.6 Å². The molecule has 8 rings (SSSR count). The van der Waals surface area contributed by atoms with Gasteiger partial charge in [-0.1, -0.05) is 41.9 Å². The Hall–Kier alpha value is -4.80. The van der Waals surface area contributed by atoms with Crippen LogP contribution in [0.1, 0.15) is 54.8 Å². The van der Waals surface area contributed by atoms with E-state index < -0.39 is 0 Å². The SMILES string of the molecule is COc1nc(-c2cccc(-c3cccc(Nc4nccc5cnn(C)c(=O)c45)c3C)c2Cl)cc2c1[C@H](N1CC[C@@]3(CCCC(=O)N3)C1)CC2. The van der Waals surface area contributed by atoms with E-state index >= 15 is 0 Å². The van der Waals surface area contributed by atoms with Crippen molar-refractivity contribution in [1.82, 2.24) is 30.0 Å². The zero-order valence-corrected chi connectivity index (χ0v) is 28.6. The third-order valence-electron chi connectivity index (χ3n) is 10.6. The van der Waals surface area contributed by atoms with Gasteiger partial charge in [-0.05, 0) is 73.9 Å². The number of nitrogens with one attached hydrogen (secondary N) is 2. The first kappa shape index (κ1) is 31.5. The van der Waals surface area contributed by atoms with Gasteiger partial charge >= 0.3 is 0 Å². The van der Waals surface area contributed by atoms with E-state index in [4.69, 9.17) is 21.3 Å². The Labute approximate surface area is 289 Å². The number of ether oxygens (including phenoxy) is 1. The Morgan fingerprint density at radius 3 is 2.71 bits per heavy atom. The quantitative estimate of drug-likeness (QED) is 0.210. The van der Waals surface area contributed by atoms with Gasteiger partial charge in [0.1, 0.15) is 5.82 Å². The van der Waals surface area contributed by atoms with Gasteiger partial charge in [-0.2, -0.15) is 5.10 Å². The molecule has 250 valence electrons. The molecule has 2 atom stereocenters. The van der Waals surface area contributed by atoms with Crippen molar-refractivity contribution >= 4 is 39.8 Å². The number of rotatable bonds is 6. The summed E-state index contributed by atoms with van der Waals surface area (Å²) >= 11 is 7.24. The minimum atomic E-state index is -0.219. The van der Waals surface area contributed by atoms with Crippen LogP contribution in [0.15, 0.2) is 65.7 Å². The molecule has 49 heavy (non-hydrogen) atoms. The molecule has 3 aliphatic rings. The zero-order chi connectivity index (χ0) is 33.9. The van der Waals surface area contributed by atoms with Crippen molar-refractivity contribution in [2.24, 2.45) is 7.05 Å². The standard InChI is InChI=1S/C38H38ClN7O3/c1-22-25(7-5-10-28(22)42-35-33-24(14-17-40-35)20-41-45(2)37(33)48)26-8-4-9-27(34(26)39)29-19-23-12-13-30(32(23)36(43-29)49-3)46-18-16-38(21-46)15-6-11-31(47)44-38/h4-5,7-10,14,17,19-20,30H,6,11-13,15-16,18,21H2,1-3H3,(H,40,42)(H,44,47)/t30-,38+/m1/s1. The van der Waals surface area contributed by atoms with E-state index in [1.165, 1.54) is 10.2 Å². The topological polar surface area (TPSA) is 114 Å². The lowest BCUT2D eigenvalue weighted by Crippen LogP contribution is -2.53. The van der Waals surface area contributed by atoms with Crippen molar-refractivity contribution in [3.8, 4) is 28.3 Å². The molecule has 5 heterocycles. The minimum Gasteiger partial charge on any atom is -0.481 e. The maximum Gasteiger partial charge on any atom is 0.278 e. The number of aromatic nitrogens is 4. The highest BCUT2D eigenvalue weighted by Crippen LogP contribution is 2.47. The second-order valence-corrected chi connectivity index (χ2v) is 13.9. The summed E-state index contributed by atoms with van der Waals surface area (Å²) in [4.78, 5) is 37.3. The molecule has 5 aromatic rings. The number of hydrogen-bond donors (Lipinski definition) is 2. The van der Waals surface area contributed by atoms with Crippen LogP contribution in [0.5, 0.6) is 5.88 Å². The lowest BCUT2D eigenvalue weighted by molar-refractivity contribution is -0.125. The fraction of sp³-hybridized carbons (Fsp3) is 0.342. The maximum absolute atomic E-state index is 13.0. The van der Waals surface area contributed by atoms with Crippen molar-refractivity contribution in [2.75, 3.05) is 25.5 Å². The molecule has 2 saturated heterocycles. The number of anilines is 2. The van der Waals surface area contributed by atoms with Crippen molar-refractivity contribution in [3.63, 3.8) is 0 Å². The van der Waals surface area contributed by atoms with Crippen LogP contribution in [-0.4, -0.2) is 56.3 Å². The van der Waals surface area contributed by atoms with Crippen LogP contribution in [0.4, 0.5) is 11.5 Å². The number of likely N-dealkylation sites (tertiary alicyclic amines) is 1. The van der Waals surface area contributed by atoms with Crippen molar-refractivity contribution in [1.29, 1.82) is 0 Å². The smallest absolute Gasteiger partial charge is 0.278 e. The molecular weight excluding hydrogens is 638 g/mol. The largest absolute Gasteiger partial charge is 0.481 e. The van der Waals surface area contributed by atoms with Crippen LogP contribution in [0.25, 0.3) is 33.2 Å². The number of carbonyl (C=O) groups is 1. The summed E-state index contributed by atoms with van der Waals surface area (Å²) in [7, 11) is 3.32. The van der Waals surface area contributed by atoms with E-state index in [9.17, 15) is 9.59 Å². The Kier molecular flexibility index (Phi) is 7.88. The number of aryl methyl sites for hydroxylation is 2. The number of methoxy groups -OCH3 is 1. The predicted molar refractivity (Wildman–Crippen MR) is 191 cm³/mol. The van der Waals surface area contributed by atoms with Gasteiger partial charge in [-0.3, -0.25) is 14.5 Å². The van der Waals surface area contributed by atoms with Crippen molar-refractivity contribution in [3.05, 3.63) is 93.0 Å². The third kappa shape index (κ3) is 5.43. The number of hydrogen-bond acceptors (Lipinski definition) is 8. The van der Waals surface area contributed by atoms with Crippen molar-refractivity contribution in [2.45, 2.75) is 57.0 Å². The molecule has 0 saturated carbocycles. The van der Waals surface area contributed by atoms with E-state index in [0.717, 1.165) is 89.8 Å². The fourth-order valence-electron chi connectivity index (χ4n) is 8.12. The minimum absolute atomic E-state index is 0.114. The Bertz CT molecular complexity index is 2200. The second kappa shape index (κ2) is 12.3.